The highest BCUT2D eigenvalue weighted by atomic mass is 19.4. The van der Waals surface area contributed by atoms with Crippen molar-refractivity contribution in [3.8, 4) is 0 Å². The molecule has 0 bridgehead atoms. The molecule has 128 valence electrons. The van der Waals surface area contributed by atoms with Crippen molar-refractivity contribution in [2.75, 3.05) is 5.32 Å². The van der Waals surface area contributed by atoms with Crippen molar-refractivity contribution in [1.82, 2.24) is 15.3 Å². The number of halogens is 6. The molecule has 2 aromatic rings. The molecule has 1 aromatic heterocycles. The molecule has 10 heteroatoms. The molecule has 4 nitrogen and oxygen atoms in total. The van der Waals surface area contributed by atoms with E-state index in [1.807, 2.05) is 0 Å². The summed E-state index contributed by atoms with van der Waals surface area (Å²) in [5.41, 5.74) is -1.70. The van der Waals surface area contributed by atoms with Crippen LogP contribution >= 0.6 is 0 Å². The normalized spacial score (nSPS) is 14.6. The molecule has 1 aliphatic heterocycles. The van der Waals surface area contributed by atoms with Crippen LogP contribution in [0.25, 0.3) is 0 Å². The number of aromatic nitrogens is 2. The number of fused-ring (bicyclic) bond motifs is 1. The Kier molecular flexibility index (Phi) is 3.86. The molecule has 0 radical (unpaired) electrons. The second kappa shape index (κ2) is 5.62. The first-order valence-corrected chi connectivity index (χ1v) is 6.75. The van der Waals surface area contributed by atoms with Crippen molar-refractivity contribution in [3.63, 3.8) is 0 Å². The van der Waals surface area contributed by atoms with Gasteiger partial charge in [0.15, 0.2) is 0 Å². The summed E-state index contributed by atoms with van der Waals surface area (Å²) in [4.78, 5) is 7.99. The van der Waals surface area contributed by atoms with Crippen LogP contribution in [0.4, 0.5) is 38.0 Å². The van der Waals surface area contributed by atoms with Gasteiger partial charge in [-0.25, -0.2) is 9.97 Å². The zero-order valence-corrected chi connectivity index (χ0v) is 11.9. The molecule has 0 spiro atoms. The van der Waals surface area contributed by atoms with E-state index in [1.54, 1.807) is 0 Å². The third kappa shape index (κ3) is 3.42. The van der Waals surface area contributed by atoms with Gasteiger partial charge in [0, 0.05) is 30.5 Å². The van der Waals surface area contributed by atoms with Gasteiger partial charge in [-0.3, -0.25) is 0 Å². The lowest BCUT2D eigenvalue weighted by Crippen LogP contribution is -2.12. The van der Waals surface area contributed by atoms with Crippen molar-refractivity contribution in [2.45, 2.75) is 25.4 Å². The Hall–Kier alpha value is -2.36. The second-order valence-electron chi connectivity index (χ2n) is 5.19. The minimum Gasteiger partial charge on any atom is -0.324 e. The number of benzene rings is 1. The molecule has 0 amide bonds. The zero-order chi connectivity index (χ0) is 17.5. The van der Waals surface area contributed by atoms with Gasteiger partial charge in [0.25, 0.3) is 0 Å². The van der Waals surface area contributed by atoms with E-state index in [2.05, 4.69) is 20.6 Å². The Morgan fingerprint density at radius 1 is 0.917 bits per heavy atom. The molecule has 0 atom stereocenters. The Morgan fingerprint density at radius 3 is 2.12 bits per heavy atom. The molecule has 0 unspecified atom stereocenters. The lowest BCUT2D eigenvalue weighted by atomic mass is 10.1. The molecule has 3 rings (SSSR count). The third-order valence-electron chi connectivity index (χ3n) is 3.41. The minimum absolute atomic E-state index is 0.0649. The van der Waals surface area contributed by atoms with E-state index in [0.29, 0.717) is 30.9 Å². The highest BCUT2D eigenvalue weighted by Crippen LogP contribution is 2.37. The number of hydrogen-bond acceptors (Lipinski definition) is 4. The summed E-state index contributed by atoms with van der Waals surface area (Å²) in [6.45, 7) is 1.03. The van der Waals surface area contributed by atoms with Gasteiger partial charge in [0.2, 0.25) is 5.95 Å². The molecule has 0 aliphatic carbocycles. The lowest BCUT2D eigenvalue weighted by Gasteiger charge is -2.15. The van der Waals surface area contributed by atoms with Gasteiger partial charge in [-0.2, -0.15) is 26.3 Å². The van der Waals surface area contributed by atoms with Gasteiger partial charge in [-0.05, 0) is 18.2 Å². The molecule has 0 saturated carbocycles. The number of alkyl halides is 6. The number of nitrogens with zero attached hydrogens (tertiary/aromatic N) is 2. The van der Waals surface area contributed by atoms with Crippen LogP contribution in [0.1, 0.15) is 22.4 Å². The number of hydrogen-bond donors (Lipinski definition) is 2. The van der Waals surface area contributed by atoms with E-state index in [-0.39, 0.29) is 17.7 Å². The van der Waals surface area contributed by atoms with Crippen LogP contribution in [0.5, 0.6) is 0 Å². The average Bonchev–Trinajstić information content (AvgIpc) is 2.92. The molecule has 0 fully saturated rings. The molecule has 1 aromatic carbocycles. The van der Waals surface area contributed by atoms with Gasteiger partial charge in [0.1, 0.15) is 0 Å². The summed E-state index contributed by atoms with van der Waals surface area (Å²) in [6.07, 6.45) is -8.33. The second-order valence-corrected chi connectivity index (χ2v) is 5.19. The van der Waals surface area contributed by atoms with Gasteiger partial charge in [-0.1, -0.05) is 0 Å². The molecule has 1 aliphatic rings. The Labute approximate surface area is 131 Å². The quantitative estimate of drug-likeness (QED) is 0.810. The van der Waals surface area contributed by atoms with E-state index in [9.17, 15) is 26.3 Å². The third-order valence-corrected chi connectivity index (χ3v) is 3.41. The van der Waals surface area contributed by atoms with Gasteiger partial charge < -0.3 is 10.6 Å². The summed E-state index contributed by atoms with van der Waals surface area (Å²) in [6, 6.07) is 1.24. The first-order valence-electron chi connectivity index (χ1n) is 6.75. The summed E-state index contributed by atoms with van der Waals surface area (Å²) >= 11 is 0. The number of anilines is 2. The summed E-state index contributed by atoms with van der Waals surface area (Å²) in [7, 11) is 0. The van der Waals surface area contributed by atoms with E-state index >= 15 is 0 Å². The number of nitrogens with one attached hydrogen (secondary N) is 2. The SMILES string of the molecule is FC(F)(F)c1cc(Nc2ncc3c(n2)CNC3)cc(C(F)(F)F)c1. The van der Waals surface area contributed by atoms with Crippen LogP contribution in [-0.4, -0.2) is 9.97 Å². The van der Waals surface area contributed by atoms with Gasteiger partial charge in [0.05, 0.1) is 16.8 Å². The van der Waals surface area contributed by atoms with E-state index in [4.69, 9.17) is 0 Å². The first kappa shape index (κ1) is 16.5. The Bertz CT molecular complexity index is 737. The molecule has 0 saturated heterocycles. The average molecular weight is 348 g/mol. The van der Waals surface area contributed by atoms with E-state index in [0.717, 1.165) is 5.56 Å². The van der Waals surface area contributed by atoms with E-state index in [1.165, 1.54) is 6.20 Å². The van der Waals surface area contributed by atoms with Crippen LogP contribution < -0.4 is 10.6 Å². The molecule has 24 heavy (non-hydrogen) atoms. The first-order chi connectivity index (χ1) is 11.1. The number of rotatable bonds is 2. The fourth-order valence-electron chi connectivity index (χ4n) is 2.27. The van der Waals surface area contributed by atoms with Crippen LogP contribution in [0.2, 0.25) is 0 Å². The predicted molar refractivity (Wildman–Crippen MR) is 72.3 cm³/mol. The fraction of sp³-hybridized carbons (Fsp3) is 0.286. The fourth-order valence-corrected chi connectivity index (χ4v) is 2.27. The topological polar surface area (TPSA) is 49.8 Å². The van der Waals surface area contributed by atoms with Crippen LogP contribution in [0.15, 0.2) is 24.4 Å². The van der Waals surface area contributed by atoms with Crippen molar-refractivity contribution in [3.05, 3.63) is 46.8 Å². The maximum atomic E-state index is 12.8. The summed E-state index contributed by atoms with van der Waals surface area (Å²) in [5, 5.41) is 5.42. The Morgan fingerprint density at radius 2 is 1.54 bits per heavy atom. The monoisotopic (exact) mass is 348 g/mol. The maximum Gasteiger partial charge on any atom is 0.416 e. The smallest absolute Gasteiger partial charge is 0.324 e. The van der Waals surface area contributed by atoms with Crippen molar-refractivity contribution >= 4 is 11.6 Å². The zero-order valence-electron chi connectivity index (χ0n) is 11.9. The highest BCUT2D eigenvalue weighted by Gasteiger charge is 2.37. The standard InChI is InChI=1S/C14H10F6N4/c15-13(16,17)8-1-9(14(18,19)20)3-10(2-8)23-12-22-5-7-4-21-6-11(7)24-12/h1-3,5,21H,4,6H2,(H,22,23,24). The van der Waals surface area contributed by atoms with Crippen molar-refractivity contribution < 1.29 is 26.3 Å². The van der Waals surface area contributed by atoms with Crippen LogP contribution in [0, 0.1) is 0 Å². The van der Waals surface area contributed by atoms with Crippen LogP contribution in [-0.2, 0) is 25.4 Å². The van der Waals surface area contributed by atoms with Crippen LogP contribution in [0.3, 0.4) is 0 Å². The molecular weight excluding hydrogens is 338 g/mol. The molecule has 2 N–H and O–H groups in total. The minimum atomic E-state index is -4.90. The molecular formula is C14H10F6N4. The highest BCUT2D eigenvalue weighted by molar-refractivity contribution is 5.57. The maximum absolute atomic E-state index is 12.8. The summed E-state index contributed by atoms with van der Waals surface area (Å²) in [5.74, 6) is -0.0649. The van der Waals surface area contributed by atoms with Crippen molar-refractivity contribution in [1.29, 1.82) is 0 Å². The largest absolute Gasteiger partial charge is 0.416 e. The van der Waals surface area contributed by atoms with E-state index < -0.39 is 23.5 Å². The lowest BCUT2D eigenvalue weighted by molar-refractivity contribution is -0.143. The van der Waals surface area contributed by atoms with Gasteiger partial charge >= 0.3 is 12.4 Å². The molecule has 2 heterocycles. The summed E-state index contributed by atoms with van der Waals surface area (Å²) < 4.78 is 76.9. The van der Waals surface area contributed by atoms with Crippen molar-refractivity contribution in [2.24, 2.45) is 0 Å². The Balaban J connectivity index is 1.97. The van der Waals surface area contributed by atoms with Gasteiger partial charge in [-0.15, -0.1) is 0 Å². The predicted octanol–water partition coefficient (Wildman–Crippen LogP) is 3.86.